The molecule has 1 aliphatic carbocycles. The number of pyridine rings is 1. The van der Waals surface area contributed by atoms with Crippen LogP contribution in [0.3, 0.4) is 0 Å². The first-order valence-electron chi connectivity index (χ1n) is 7.66. The molecule has 3 atom stereocenters. The lowest BCUT2D eigenvalue weighted by atomic mass is 9.53. The number of carbonyl (C=O) groups excluding carboxylic acids is 1. The van der Waals surface area contributed by atoms with Crippen molar-refractivity contribution in [2.75, 3.05) is 5.32 Å². The van der Waals surface area contributed by atoms with Gasteiger partial charge in [-0.15, -0.1) is 0 Å². The highest BCUT2D eigenvalue weighted by molar-refractivity contribution is 5.89. The summed E-state index contributed by atoms with van der Waals surface area (Å²) in [5.74, 6) is -1.24. The lowest BCUT2D eigenvalue weighted by molar-refractivity contribution is -0.160. The number of carbonyl (C=O) groups is 2. The first kappa shape index (κ1) is 18.1. The van der Waals surface area contributed by atoms with Crippen molar-refractivity contribution < 1.29 is 23.5 Å². The lowest BCUT2D eigenvalue weighted by Crippen LogP contribution is -2.57. The summed E-state index contributed by atoms with van der Waals surface area (Å²) < 4.78 is 25.2. The molecular formula is C16H21F2N3O3. The molecule has 0 spiro atoms. The SMILES string of the molecule is CC(NC(=O)Nc1cncc(C(F)F)c1)[C@@H]1C[C@H](C(=O)O)C1(C)C. The fraction of sp³-hybridized carbons (Fsp3) is 0.562. The van der Waals surface area contributed by atoms with E-state index in [1.165, 1.54) is 6.20 Å². The molecule has 1 aromatic rings. The summed E-state index contributed by atoms with van der Waals surface area (Å²) in [5, 5.41) is 14.4. The van der Waals surface area contributed by atoms with Crippen LogP contribution >= 0.6 is 0 Å². The molecule has 1 heterocycles. The zero-order valence-corrected chi connectivity index (χ0v) is 13.7. The van der Waals surface area contributed by atoms with E-state index in [0.29, 0.717) is 6.42 Å². The number of hydrogen-bond donors (Lipinski definition) is 3. The smallest absolute Gasteiger partial charge is 0.319 e. The minimum atomic E-state index is -2.66. The molecule has 2 amide bonds. The van der Waals surface area contributed by atoms with Crippen LogP contribution in [-0.4, -0.2) is 28.1 Å². The van der Waals surface area contributed by atoms with Crippen LogP contribution < -0.4 is 10.6 Å². The standard InChI is InChI=1S/C16H21F2N3O3/c1-8(11-5-12(14(22)23)16(11,2)3)20-15(24)21-10-4-9(13(17)18)6-19-7-10/h4,6-8,11-13H,5H2,1-3H3,(H,22,23)(H2,20,21,24)/t8?,11-,12+/m0/s1. The number of halogens is 2. The van der Waals surface area contributed by atoms with E-state index in [1.54, 1.807) is 6.92 Å². The first-order chi connectivity index (χ1) is 11.1. The maximum Gasteiger partial charge on any atom is 0.319 e. The Morgan fingerprint density at radius 3 is 2.58 bits per heavy atom. The molecule has 0 saturated heterocycles. The highest BCUT2D eigenvalue weighted by Crippen LogP contribution is 2.52. The van der Waals surface area contributed by atoms with E-state index < -0.39 is 29.8 Å². The van der Waals surface area contributed by atoms with Crippen LogP contribution in [0.5, 0.6) is 0 Å². The summed E-state index contributed by atoms with van der Waals surface area (Å²) >= 11 is 0. The molecule has 132 valence electrons. The molecule has 0 aliphatic heterocycles. The van der Waals surface area contributed by atoms with Gasteiger partial charge in [-0.25, -0.2) is 13.6 Å². The quantitative estimate of drug-likeness (QED) is 0.766. The van der Waals surface area contributed by atoms with Crippen molar-refractivity contribution in [3.8, 4) is 0 Å². The van der Waals surface area contributed by atoms with Crippen molar-refractivity contribution in [2.45, 2.75) is 39.7 Å². The van der Waals surface area contributed by atoms with Crippen molar-refractivity contribution in [1.82, 2.24) is 10.3 Å². The number of carboxylic acids is 1. The van der Waals surface area contributed by atoms with E-state index in [0.717, 1.165) is 12.3 Å². The summed E-state index contributed by atoms with van der Waals surface area (Å²) in [6, 6.07) is 0.377. The topological polar surface area (TPSA) is 91.3 Å². The van der Waals surface area contributed by atoms with Crippen LogP contribution in [0, 0.1) is 17.3 Å². The molecule has 1 fully saturated rings. The predicted octanol–water partition coefficient (Wildman–Crippen LogP) is 3.28. The van der Waals surface area contributed by atoms with E-state index in [2.05, 4.69) is 15.6 Å². The minimum Gasteiger partial charge on any atom is -0.481 e. The van der Waals surface area contributed by atoms with Gasteiger partial charge < -0.3 is 15.7 Å². The molecule has 6 nitrogen and oxygen atoms in total. The molecule has 1 unspecified atom stereocenters. The van der Waals surface area contributed by atoms with Crippen molar-refractivity contribution in [1.29, 1.82) is 0 Å². The van der Waals surface area contributed by atoms with Crippen molar-refractivity contribution in [3.05, 3.63) is 24.0 Å². The Hall–Kier alpha value is -2.25. The van der Waals surface area contributed by atoms with Gasteiger partial charge in [0.05, 0.1) is 17.8 Å². The average molecular weight is 341 g/mol. The van der Waals surface area contributed by atoms with Crippen LogP contribution in [0.15, 0.2) is 18.5 Å². The van der Waals surface area contributed by atoms with E-state index >= 15 is 0 Å². The highest BCUT2D eigenvalue weighted by atomic mass is 19.3. The molecule has 1 aliphatic rings. The molecule has 2 rings (SSSR count). The second-order valence-electron chi connectivity index (χ2n) is 6.75. The van der Waals surface area contributed by atoms with Crippen LogP contribution in [-0.2, 0) is 4.79 Å². The third-order valence-electron chi connectivity index (χ3n) is 4.87. The predicted molar refractivity (Wildman–Crippen MR) is 83.8 cm³/mol. The Morgan fingerprint density at radius 1 is 1.38 bits per heavy atom. The average Bonchev–Trinajstić information content (AvgIpc) is 2.45. The number of anilines is 1. The monoisotopic (exact) mass is 341 g/mol. The van der Waals surface area contributed by atoms with Gasteiger partial charge in [0, 0.05) is 17.8 Å². The zero-order chi connectivity index (χ0) is 18.1. The van der Waals surface area contributed by atoms with Crippen LogP contribution in [0.4, 0.5) is 19.3 Å². The lowest BCUT2D eigenvalue weighted by Gasteiger charge is -2.52. The fourth-order valence-corrected chi connectivity index (χ4v) is 3.35. The number of carboxylic acid groups (broad SMARTS) is 1. The van der Waals surface area contributed by atoms with Crippen LogP contribution in [0.1, 0.15) is 39.2 Å². The van der Waals surface area contributed by atoms with Gasteiger partial charge in [-0.05, 0) is 30.7 Å². The number of nitrogens with one attached hydrogen (secondary N) is 2. The molecule has 1 saturated carbocycles. The Labute approximate surface area is 138 Å². The van der Waals surface area contributed by atoms with Gasteiger partial charge >= 0.3 is 12.0 Å². The third kappa shape index (κ3) is 3.63. The summed E-state index contributed by atoms with van der Waals surface area (Å²) in [6.07, 6.45) is 0.153. The van der Waals surface area contributed by atoms with Gasteiger partial charge in [0.1, 0.15) is 0 Å². The van der Waals surface area contributed by atoms with Crippen molar-refractivity contribution in [3.63, 3.8) is 0 Å². The largest absolute Gasteiger partial charge is 0.481 e. The van der Waals surface area contributed by atoms with Gasteiger partial charge in [-0.1, -0.05) is 13.8 Å². The number of nitrogens with zero attached hydrogens (tertiary/aromatic N) is 1. The van der Waals surface area contributed by atoms with Gasteiger partial charge in [0.15, 0.2) is 0 Å². The molecule has 0 aromatic carbocycles. The fourth-order valence-electron chi connectivity index (χ4n) is 3.35. The van der Waals surface area contributed by atoms with E-state index in [-0.39, 0.29) is 23.2 Å². The van der Waals surface area contributed by atoms with E-state index in [4.69, 9.17) is 5.11 Å². The Kier molecular flexibility index (Phi) is 5.05. The number of urea groups is 1. The third-order valence-corrected chi connectivity index (χ3v) is 4.87. The van der Waals surface area contributed by atoms with Crippen molar-refractivity contribution >= 4 is 17.7 Å². The summed E-state index contributed by atoms with van der Waals surface area (Å²) in [5.41, 5.74) is -0.519. The van der Waals surface area contributed by atoms with Crippen LogP contribution in [0.2, 0.25) is 0 Å². The van der Waals surface area contributed by atoms with Gasteiger partial charge in [-0.2, -0.15) is 0 Å². The zero-order valence-electron chi connectivity index (χ0n) is 13.7. The Morgan fingerprint density at radius 2 is 2.04 bits per heavy atom. The van der Waals surface area contributed by atoms with Crippen molar-refractivity contribution in [2.24, 2.45) is 17.3 Å². The summed E-state index contributed by atoms with van der Waals surface area (Å²) in [4.78, 5) is 26.8. The number of alkyl halides is 2. The second kappa shape index (κ2) is 6.70. The van der Waals surface area contributed by atoms with E-state index in [1.807, 2.05) is 13.8 Å². The highest BCUT2D eigenvalue weighted by Gasteiger charge is 2.53. The number of hydrogen-bond acceptors (Lipinski definition) is 3. The second-order valence-corrected chi connectivity index (χ2v) is 6.75. The molecule has 8 heteroatoms. The molecular weight excluding hydrogens is 320 g/mol. The number of aromatic nitrogens is 1. The molecule has 0 radical (unpaired) electrons. The van der Waals surface area contributed by atoms with Crippen LogP contribution in [0.25, 0.3) is 0 Å². The summed E-state index contributed by atoms with van der Waals surface area (Å²) in [7, 11) is 0. The Bertz CT molecular complexity index is 637. The summed E-state index contributed by atoms with van der Waals surface area (Å²) in [6.45, 7) is 5.54. The van der Waals surface area contributed by atoms with Gasteiger partial charge in [0.2, 0.25) is 0 Å². The first-order valence-corrected chi connectivity index (χ1v) is 7.66. The normalized spacial score (nSPS) is 23.2. The molecule has 24 heavy (non-hydrogen) atoms. The molecule has 1 aromatic heterocycles. The van der Waals surface area contributed by atoms with Gasteiger partial charge in [0.25, 0.3) is 6.43 Å². The maximum atomic E-state index is 12.6. The number of aliphatic carboxylic acids is 1. The van der Waals surface area contributed by atoms with Gasteiger partial charge in [-0.3, -0.25) is 9.78 Å². The minimum absolute atomic E-state index is 0.0230. The number of rotatable bonds is 5. The Balaban J connectivity index is 1.93. The molecule has 3 N–H and O–H groups in total. The van der Waals surface area contributed by atoms with E-state index in [9.17, 15) is 18.4 Å². The number of amides is 2. The maximum absolute atomic E-state index is 12.6. The molecule has 0 bridgehead atoms.